The third kappa shape index (κ3) is 3.54. The van der Waals surface area contributed by atoms with Crippen LogP contribution in [0.5, 0.6) is 0 Å². The van der Waals surface area contributed by atoms with E-state index in [1.807, 2.05) is 11.8 Å². The number of para-hydroxylation sites is 2. The zero-order valence-electron chi connectivity index (χ0n) is 18.8. The molecule has 0 atom stereocenters. The van der Waals surface area contributed by atoms with Gasteiger partial charge in [-0.2, -0.15) is 0 Å². The van der Waals surface area contributed by atoms with Gasteiger partial charge in [-0.3, -0.25) is 4.90 Å². The van der Waals surface area contributed by atoms with Gasteiger partial charge in [0.2, 0.25) is 0 Å². The van der Waals surface area contributed by atoms with Crippen LogP contribution in [0.3, 0.4) is 0 Å². The summed E-state index contributed by atoms with van der Waals surface area (Å²) in [5.41, 5.74) is 8.18. The van der Waals surface area contributed by atoms with E-state index in [0.717, 1.165) is 16.2 Å². The van der Waals surface area contributed by atoms with E-state index in [1.165, 1.54) is 42.6 Å². The second-order valence-corrected chi connectivity index (χ2v) is 10.6. The van der Waals surface area contributed by atoms with Crippen molar-refractivity contribution in [3.8, 4) is 22.3 Å². The van der Waals surface area contributed by atoms with Gasteiger partial charge >= 0.3 is 0 Å². The molecule has 6 aromatic rings. The first-order valence-corrected chi connectivity index (χ1v) is 13.2. The third-order valence-corrected chi connectivity index (χ3v) is 8.42. The molecule has 0 bridgehead atoms. The van der Waals surface area contributed by atoms with Crippen LogP contribution in [-0.4, -0.2) is 4.98 Å². The summed E-state index contributed by atoms with van der Waals surface area (Å²) < 4.78 is 1.19. The van der Waals surface area contributed by atoms with Gasteiger partial charge in [0.05, 0.1) is 21.6 Å². The Hall–Kier alpha value is -3.86. The molecular weight excluding hydrogens is 464 g/mol. The summed E-state index contributed by atoms with van der Waals surface area (Å²) in [5.74, 6) is 0. The van der Waals surface area contributed by atoms with Crippen molar-refractivity contribution < 1.29 is 0 Å². The molecule has 0 aliphatic carbocycles. The first kappa shape index (κ1) is 20.5. The summed E-state index contributed by atoms with van der Waals surface area (Å²) >= 11 is 3.58. The highest BCUT2D eigenvalue weighted by Gasteiger charge is 2.27. The Morgan fingerprint density at radius 3 is 1.77 bits per heavy atom. The van der Waals surface area contributed by atoms with Crippen molar-refractivity contribution in [1.82, 2.24) is 4.98 Å². The van der Waals surface area contributed by atoms with E-state index in [1.54, 1.807) is 11.3 Å². The number of anilines is 3. The SMILES string of the molecule is c1ccc(-c2cc(-c3ccccc3)c3nc(N4c5ccccc5Sc5ccccc54)sc3c2)cc1. The van der Waals surface area contributed by atoms with Gasteiger partial charge < -0.3 is 0 Å². The molecule has 0 saturated carbocycles. The Labute approximate surface area is 212 Å². The van der Waals surface area contributed by atoms with Gasteiger partial charge in [-0.25, -0.2) is 4.98 Å². The van der Waals surface area contributed by atoms with E-state index in [2.05, 4.69) is 126 Å². The fraction of sp³-hybridized carbons (Fsp3) is 0. The number of benzene rings is 5. The van der Waals surface area contributed by atoms with Crippen LogP contribution in [-0.2, 0) is 0 Å². The number of aromatic nitrogens is 1. The lowest BCUT2D eigenvalue weighted by Crippen LogP contribution is -2.14. The monoisotopic (exact) mass is 484 g/mol. The Morgan fingerprint density at radius 1 is 0.543 bits per heavy atom. The minimum absolute atomic E-state index is 0.989. The van der Waals surface area contributed by atoms with Gasteiger partial charge in [-0.05, 0) is 53.1 Å². The maximum Gasteiger partial charge on any atom is 0.195 e. The summed E-state index contributed by atoms with van der Waals surface area (Å²) in [5, 5.41) is 0.989. The minimum Gasteiger partial charge on any atom is -0.284 e. The molecule has 1 aliphatic heterocycles. The van der Waals surface area contributed by atoms with Gasteiger partial charge in [0.1, 0.15) is 0 Å². The Balaban J connectivity index is 1.48. The molecule has 7 rings (SSSR count). The molecule has 0 amide bonds. The van der Waals surface area contributed by atoms with Gasteiger partial charge in [0.15, 0.2) is 5.13 Å². The summed E-state index contributed by atoms with van der Waals surface area (Å²) in [7, 11) is 0. The largest absolute Gasteiger partial charge is 0.284 e. The van der Waals surface area contributed by atoms with Crippen molar-refractivity contribution in [2.75, 3.05) is 4.90 Å². The smallest absolute Gasteiger partial charge is 0.195 e. The molecule has 35 heavy (non-hydrogen) atoms. The molecule has 0 fully saturated rings. The normalized spacial score (nSPS) is 12.4. The maximum absolute atomic E-state index is 5.28. The van der Waals surface area contributed by atoms with Crippen LogP contribution in [0.2, 0.25) is 0 Å². The van der Waals surface area contributed by atoms with E-state index in [0.29, 0.717) is 0 Å². The number of hydrogen-bond donors (Lipinski definition) is 0. The Bertz CT molecular complexity index is 1630. The van der Waals surface area contributed by atoms with Crippen molar-refractivity contribution in [1.29, 1.82) is 0 Å². The van der Waals surface area contributed by atoms with Crippen LogP contribution in [0.15, 0.2) is 131 Å². The Kier molecular flexibility index (Phi) is 4.93. The van der Waals surface area contributed by atoms with Crippen LogP contribution in [0.25, 0.3) is 32.5 Å². The molecule has 1 aliphatic rings. The zero-order valence-corrected chi connectivity index (χ0v) is 20.4. The van der Waals surface area contributed by atoms with E-state index in [-0.39, 0.29) is 0 Å². The second kappa shape index (κ2) is 8.42. The molecule has 0 N–H and O–H groups in total. The van der Waals surface area contributed by atoms with Gasteiger partial charge in [0.25, 0.3) is 0 Å². The first-order chi connectivity index (χ1) is 17.3. The molecule has 0 saturated heterocycles. The molecule has 0 spiro atoms. The van der Waals surface area contributed by atoms with Gasteiger partial charge in [0, 0.05) is 15.4 Å². The molecule has 166 valence electrons. The van der Waals surface area contributed by atoms with Crippen LogP contribution < -0.4 is 4.90 Å². The standard InChI is InChI=1S/C31H20N2S2/c1-3-11-21(12-4-1)23-19-24(22-13-5-2-6-14-22)30-29(20-23)35-31(32-30)33-25-15-7-9-17-27(25)34-28-18-10-8-16-26(28)33/h1-20H. The zero-order chi connectivity index (χ0) is 23.2. The lowest BCUT2D eigenvalue weighted by molar-refractivity contribution is 1.15. The quantitative estimate of drug-likeness (QED) is 0.248. The van der Waals surface area contributed by atoms with E-state index >= 15 is 0 Å². The lowest BCUT2D eigenvalue weighted by atomic mass is 9.98. The molecule has 5 aromatic carbocycles. The molecule has 0 radical (unpaired) electrons. The fourth-order valence-electron chi connectivity index (χ4n) is 4.66. The first-order valence-electron chi connectivity index (χ1n) is 11.6. The third-order valence-electron chi connectivity index (χ3n) is 6.30. The van der Waals surface area contributed by atoms with Crippen LogP contribution in [0.1, 0.15) is 0 Å². The summed E-state index contributed by atoms with van der Waals surface area (Å²) in [6.45, 7) is 0. The Morgan fingerprint density at radius 2 is 1.11 bits per heavy atom. The van der Waals surface area contributed by atoms with Gasteiger partial charge in [-0.1, -0.05) is 108 Å². The van der Waals surface area contributed by atoms with E-state index < -0.39 is 0 Å². The summed E-state index contributed by atoms with van der Waals surface area (Å²) in [6.07, 6.45) is 0. The lowest BCUT2D eigenvalue weighted by Gasteiger charge is -2.30. The summed E-state index contributed by atoms with van der Waals surface area (Å²) in [4.78, 5) is 10.1. The number of thiazole rings is 1. The molecular formula is C31H20N2S2. The molecule has 4 heteroatoms. The average molecular weight is 485 g/mol. The molecule has 2 heterocycles. The topological polar surface area (TPSA) is 16.1 Å². The highest BCUT2D eigenvalue weighted by molar-refractivity contribution is 7.99. The van der Waals surface area contributed by atoms with Crippen LogP contribution >= 0.6 is 23.1 Å². The second-order valence-electron chi connectivity index (χ2n) is 8.47. The predicted molar refractivity (Wildman–Crippen MR) is 149 cm³/mol. The number of fused-ring (bicyclic) bond motifs is 3. The van der Waals surface area contributed by atoms with E-state index in [4.69, 9.17) is 4.98 Å². The number of nitrogens with zero attached hydrogens (tertiary/aromatic N) is 2. The van der Waals surface area contributed by atoms with Crippen LogP contribution in [0, 0.1) is 0 Å². The fourth-order valence-corrected chi connectivity index (χ4v) is 6.78. The molecule has 1 aromatic heterocycles. The molecule has 0 unspecified atom stereocenters. The average Bonchev–Trinajstić information content (AvgIpc) is 3.36. The highest BCUT2D eigenvalue weighted by atomic mass is 32.2. The van der Waals surface area contributed by atoms with Crippen molar-refractivity contribution >= 4 is 49.8 Å². The van der Waals surface area contributed by atoms with E-state index in [9.17, 15) is 0 Å². The highest BCUT2D eigenvalue weighted by Crippen LogP contribution is 2.52. The van der Waals surface area contributed by atoms with Gasteiger partial charge in [-0.15, -0.1) is 0 Å². The molecule has 2 nitrogen and oxygen atoms in total. The van der Waals surface area contributed by atoms with Crippen molar-refractivity contribution in [3.05, 3.63) is 121 Å². The maximum atomic E-state index is 5.28. The van der Waals surface area contributed by atoms with Crippen LogP contribution in [0.4, 0.5) is 16.5 Å². The van der Waals surface area contributed by atoms with Crippen molar-refractivity contribution in [2.45, 2.75) is 9.79 Å². The number of rotatable bonds is 3. The number of hydrogen-bond acceptors (Lipinski definition) is 4. The summed E-state index contributed by atoms with van der Waals surface area (Å²) in [6, 6.07) is 43.0. The minimum atomic E-state index is 0.989. The van der Waals surface area contributed by atoms with Crippen molar-refractivity contribution in [3.63, 3.8) is 0 Å². The van der Waals surface area contributed by atoms with Crippen molar-refractivity contribution in [2.24, 2.45) is 0 Å². The predicted octanol–water partition coefficient (Wildman–Crippen LogP) is 9.56.